The van der Waals surface area contributed by atoms with E-state index in [1.807, 2.05) is 25.1 Å². The van der Waals surface area contributed by atoms with E-state index in [2.05, 4.69) is 18.1 Å². The van der Waals surface area contributed by atoms with Gasteiger partial charge in [-0.2, -0.15) is 0 Å². The van der Waals surface area contributed by atoms with Crippen LogP contribution in [-0.4, -0.2) is 5.16 Å². The van der Waals surface area contributed by atoms with E-state index in [0.29, 0.717) is 5.92 Å². The van der Waals surface area contributed by atoms with Gasteiger partial charge in [-0.05, 0) is 37.0 Å². The highest BCUT2D eigenvalue weighted by Gasteiger charge is 2.11. The maximum absolute atomic E-state index is 5.77. The van der Waals surface area contributed by atoms with Gasteiger partial charge in [-0.15, -0.1) is 0 Å². The lowest BCUT2D eigenvalue weighted by molar-refractivity contribution is 0.409. The third kappa shape index (κ3) is 2.24. The summed E-state index contributed by atoms with van der Waals surface area (Å²) in [5.74, 6) is 0.396. The van der Waals surface area contributed by atoms with Crippen LogP contribution in [-0.2, 0) is 6.42 Å². The largest absolute Gasteiger partial charge is 0.399 e. The van der Waals surface area contributed by atoms with Crippen LogP contribution in [0.3, 0.4) is 0 Å². The molecule has 0 saturated heterocycles. The molecule has 1 unspecified atom stereocenters. The van der Waals surface area contributed by atoms with Gasteiger partial charge in [0.15, 0.2) is 0 Å². The Kier molecular flexibility index (Phi) is 2.95. The molecule has 2 rings (SSSR count). The smallest absolute Gasteiger partial charge is 0.126 e. The number of aromatic nitrogens is 1. The van der Waals surface area contributed by atoms with Crippen molar-refractivity contribution in [2.24, 2.45) is 0 Å². The zero-order chi connectivity index (χ0) is 11.5. The van der Waals surface area contributed by atoms with E-state index in [9.17, 15) is 0 Å². The Morgan fingerprint density at radius 1 is 1.44 bits per heavy atom. The van der Waals surface area contributed by atoms with E-state index in [0.717, 1.165) is 23.4 Å². The topological polar surface area (TPSA) is 52.0 Å². The van der Waals surface area contributed by atoms with Gasteiger partial charge in [-0.1, -0.05) is 24.2 Å². The molecule has 0 amide bonds. The summed E-state index contributed by atoms with van der Waals surface area (Å²) >= 11 is 0. The zero-order valence-electron chi connectivity index (χ0n) is 9.60. The molecule has 2 aromatic rings. The summed E-state index contributed by atoms with van der Waals surface area (Å²) in [6.07, 6.45) is 2.56. The van der Waals surface area contributed by atoms with Crippen molar-refractivity contribution >= 4 is 5.69 Å². The van der Waals surface area contributed by atoms with Crippen LogP contribution >= 0.6 is 0 Å². The van der Waals surface area contributed by atoms with Crippen LogP contribution in [0.25, 0.3) is 0 Å². The number of rotatable bonds is 3. The fraction of sp³-hybridized carbons (Fsp3) is 0.308. The lowest BCUT2D eigenvalue weighted by atomic mass is 9.95. The summed E-state index contributed by atoms with van der Waals surface area (Å²) < 4.78 is 4.93. The molecular formula is C13H16N2O. The predicted octanol–water partition coefficient (Wildman–Crippen LogP) is 2.91. The first-order chi connectivity index (χ1) is 7.66. The SMILES string of the molecule is Cc1conc1CC(C)c1cccc(N)c1. The van der Waals surface area contributed by atoms with Crippen molar-refractivity contribution in [3.63, 3.8) is 0 Å². The van der Waals surface area contributed by atoms with Gasteiger partial charge >= 0.3 is 0 Å². The van der Waals surface area contributed by atoms with Gasteiger partial charge in [0.05, 0.1) is 5.69 Å². The van der Waals surface area contributed by atoms with Gasteiger partial charge in [0.1, 0.15) is 6.26 Å². The van der Waals surface area contributed by atoms with E-state index >= 15 is 0 Å². The van der Waals surface area contributed by atoms with Gasteiger partial charge in [0.25, 0.3) is 0 Å². The maximum atomic E-state index is 5.77. The second-order valence-electron chi connectivity index (χ2n) is 4.22. The minimum absolute atomic E-state index is 0.396. The third-order valence-corrected chi connectivity index (χ3v) is 2.83. The van der Waals surface area contributed by atoms with Crippen molar-refractivity contribution in [2.45, 2.75) is 26.2 Å². The fourth-order valence-corrected chi connectivity index (χ4v) is 1.78. The molecule has 0 aliphatic heterocycles. The molecule has 1 heterocycles. The summed E-state index contributed by atoms with van der Waals surface area (Å²) in [6.45, 7) is 4.18. The summed E-state index contributed by atoms with van der Waals surface area (Å²) in [4.78, 5) is 0. The Morgan fingerprint density at radius 3 is 2.88 bits per heavy atom. The highest BCUT2D eigenvalue weighted by atomic mass is 16.5. The minimum Gasteiger partial charge on any atom is -0.399 e. The molecule has 1 aromatic heterocycles. The number of aryl methyl sites for hydroxylation is 1. The molecule has 1 atom stereocenters. The molecule has 0 aliphatic carbocycles. The number of nitrogen functional groups attached to an aromatic ring is 1. The van der Waals surface area contributed by atoms with Crippen LogP contribution in [0.2, 0.25) is 0 Å². The molecule has 0 bridgehead atoms. The standard InChI is InChI=1S/C13H16N2O/c1-9(6-13-10(2)8-16-15-13)11-4-3-5-12(14)7-11/h3-5,7-9H,6,14H2,1-2H3. The molecule has 0 radical (unpaired) electrons. The van der Waals surface area contributed by atoms with Crippen molar-refractivity contribution < 1.29 is 4.52 Å². The highest BCUT2D eigenvalue weighted by Crippen LogP contribution is 2.22. The molecule has 2 N–H and O–H groups in total. The quantitative estimate of drug-likeness (QED) is 0.802. The van der Waals surface area contributed by atoms with Crippen molar-refractivity contribution in [1.29, 1.82) is 0 Å². The van der Waals surface area contributed by atoms with Gasteiger partial charge in [0.2, 0.25) is 0 Å². The molecule has 3 heteroatoms. The Hall–Kier alpha value is -1.77. The fourth-order valence-electron chi connectivity index (χ4n) is 1.78. The number of nitrogens with two attached hydrogens (primary N) is 1. The first-order valence-corrected chi connectivity index (χ1v) is 5.42. The Morgan fingerprint density at radius 2 is 2.25 bits per heavy atom. The van der Waals surface area contributed by atoms with Crippen LogP contribution in [0, 0.1) is 6.92 Å². The Labute approximate surface area is 95.3 Å². The van der Waals surface area contributed by atoms with Gasteiger partial charge in [0, 0.05) is 11.3 Å². The molecule has 0 fully saturated rings. The normalized spacial score (nSPS) is 12.6. The summed E-state index contributed by atoms with van der Waals surface area (Å²) in [5, 5.41) is 4.00. The molecule has 1 aromatic carbocycles. The van der Waals surface area contributed by atoms with Gasteiger partial charge in [-0.25, -0.2) is 0 Å². The van der Waals surface area contributed by atoms with E-state index in [1.54, 1.807) is 6.26 Å². The molecule has 3 nitrogen and oxygen atoms in total. The second-order valence-corrected chi connectivity index (χ2v) is 4.22. The van der Waals surface area contributed by atoms with E-state index in [1.165, 1.54) is 5.56 Å². The maximum Gasteiger partial charge on any atom is 0.126 e. The van der Waals surface area contributed by atoms with Crippen LogP contribution in [0.1, 0.15) is 29.7 Å². The Balaban J connectivity index is 2.14. The summed E-state index contributed by atoms with van der Waals surface area (Å²) in [5.41, 5.74) is 9.94. The molecule has 16 heavy (non-hydrogen) atoms. The van der Waals surface area contributed by atoms with Crippen LogP contribution in [0.4, 0.5) is 5.69 Å². The minimum atomic E-state index is 0.396. The monoisotopic (exact) mass is 216 g/mol. The number of nitrogens with zero attached hydrogens (tertiary/aromatic N) is 1. The molecule has 84 valence electrons. The third-order valence-electron chi connectivity index (χ3n) is 2.83. The molecule has 0 spiro atoms. The summed E-state index contributed by atoms with van der Waals surface area (Å²) in [7, 11) is 0. The average molecular weight is 216 g/mol. The Bertz CT molecular complexity index is 476. The number of hydrogen-bond acceptors (Lipinski definition) is 3. The van der Waals surface area contributed by atoms with Crippen LogP contribution < -0.4 is 5.73 Å². The molecular weight excluding hydrogens is 200 g/mol. The van der Waals surface area contributed by atoms with E-state index in [-0.39, 0.29) is 0 Å². The lowest BCUT2D eigenvalue weighted by Gasteiger charge is -2.10. The lowest BCUT2D eigenvalue weighted by Crippen LogP contribution is -2.00. The zero-order valence-corrected chi connectivity index (χ0v) is 9.60. The molecule has 0 saturated carbocycles. The van der Waals surface area contributed by atoms with Crippen LogP contribution in [0.15, 0.2) is 35.1 Å². The second kappa shape index (κ2) is 4.39. The van der Waals surface area contributed by atoms with Gasteiger partial charge in [-0.3, -0.25) is 0 Å². The van der Waals surface area contributed by atoms with Crippen molar-refractivity contribution in [2.75, 3.05) is 5.73 Å². The predicted molar refractivity (Wildman–Crippen MR) is 64.2 cm³/mol. The number of benzene rings is 1. The number of hydrogen-bond donors (Lipinski definition) is 1. The van der Waals surface area contributed by atoms with Crippen LogP contribution in [0.5, 0.6) is 0 Å². The summed E-state index contributed by atoms with van der Waals surface area (Å²) in [6, 6.07) is 7.99. The molecule has 0 aliphatic rings. The van der Waals surface area contributed by atoms with Crippen molar-refractivity contribution in [3.8, 4) is 0 Å². The van der Waals surface area contributed by atoms with Gasteiger partial charge < -0.3 is 10.3 Å². The van der Waals surface area contributed by atoms with Crippen molar-refractivity contribution in [1.82, 2.24) is 5.16 Å². The number of anilines is 1. The van der Waals surface area contributed by atoms with E-state index < -0.39 is 0 Å². The first-order valence-electron chi connectivity index (χ1n) is 5.42. The highest BCUT2D eigenvalue weighted by molar-refractivity contribution is 5.42. The van der Waals surface area contributed by atoms with E-state index in [4.69, 9.17) is 10.3 Å². The van der Waals surface area contributed by atoms with Crippen molar-refractivity contribution in [3.05, 3.63) is 47.3 Å². The first kappa shape index (κ1) is 10.7. The average Bonchev–Trinajstić information content (AvgIpc) is 2.64.